The minimum absolute atomic E-state index is 0.536. The summed E-state index contributed by atoms with van der Waals surface area (Å²) < 4.78 is 0. The van der Waals surface area contributed by atoms with Crippen molar-refractivity contribution >= 4 is 0 Å². The van der Waals surface area contributed by atoms with Crippen LogP contribution in [0, 0.1) is 0 Å². The number of hydrogen-bond acceptors (Lipinski definition) is 3. The molecule has 0 spiro atoms. The van der Waals surface area contributed by atoms with Gasteiger partial charge in [0.1, 0.15) is 0 Å². The highest BCUT2D eigenvalue weighted by Crippen LogP contribution is 2.17. The van der Waals surface area contributed by atoms with Crippen LogP contribution in [0.2, 0.25) is 0 Å². The van der Waals surface area contributed by atoms with Crippen molar-refractivity contribution in [2.45, 2.75) is 44.8 Å². The van der Waals surface area contributed by atoms with E-state index >= 15 is 0 Å². The van der Waals surface area contributed by atoms with E-state index < -0.39 is 5.60 Å². The molecule has 1 aliphatic rings. The van der Waals surface area contributed by atoms with Gasteiger partial charge in [0.05, 0.1) is 5.60 Å². The zero-order chi connectivity index (χ0) is 11.5. The minimum Gasteiger partial charge on any atom is -0.389 e. The molecule has 2 atom stereocenters. The summed E-state index contributed by atoms with van der Waals surface area (Å²) in [6.45, 7) is 7.03. The first-order valence-electron chi connectivity index (χ1n) is 6.06. The largest absolute Gasteiger partial charge is 0.389 e. The Morgan fingerprint density at radius 2 is 2.20 bits per heavy atom. The molecule has 0 aliphatic carbocycles. The van der Waals surface area contributed by atoms with Gasteiger partial charge in [0.25, 0.3) is 0 Å². The average molecular weight is 214 g/mol. The van der Waals surface area contributed by atoms with Gasteiger partial charge in [-0.1, -0.05) is 6.92 Å². The second-order valence-electron chi connectivity index (χ2n) is 5.32. The topological polar surface area (TPSA) is 26.7 Å². The van der Waals surface area contributed by atoms with E-state index in [9.17, 15) is 5.11 Å². The van der Waals surface area contributed by atoms with Crippen molar-refractivity contribution in [2.24, 2.45) is 0 Å². The lowest BCUT2D eigenvalue weighted by molar-refractivity contribution is 0.0190. The maximum absolute atomic E-state index is 9.98. The van der Waals surface area contributed by atoms with Gasteiger partial charge in [-0.2, -0.15) is 0 Å². The summed E-state index contributed by atoms with van der Waals surface area (Å²) in [4.78, 5) is 4.69. The van der Waals surface area contributed by atoms with Crippen LogP contribution in [0.5, 0.6) is 0 Å². The van der Waals surface area contributed by atoms with E-state index in [1.165, 1.54) is 19.4 Å². The molecule has 1 fully saturated rings. The molecule has 0 aromatic rings. The predicted molar refractivity (Wildman–Crippen MR) is 64.1 cm³/mol. The van der Waals surface area contributed by atoms with Crippen LogP contribution in [-0.4, -0.2) is 60.3 Å². The van der Waals surface area contributed by atoms with E-state index in [1.54, 1.807) is 0 Å². The van der Waals surface area contributed by atoms with Crippen LogP contribution in [0.3, 0.4) is 0 Å². The molecule has 0 aromatic carbocycles. The zero-order valence-electron chi connectivity index (χ0n) is 10.7. The molecular formula is C12H26N2O. The monoisotopic (exact) mass is 214 g/mol. The lowest BCUT2D eigenvalue weighted by Crippen LogP contribution is -2.43. The fraction of sp³-hybridized carbons (Fsp3) is 1.00. The number of likely N-dealkylation sites (N-methyl/N-ethyl adjacent to an activating group) is 2. The summed E-state index contributed by atoms with van der Waals surface area (Å²) >= 11 is 0. The normalized spacial score (nSPS) is 27.2. The van der Waals surface area contributed by atoms with Crippen molar-refractivity contribution in [3.05, 3.63) is 0 Å². The van der Waals surface area contributed by atoms with E-state index in [2.05, 4.69) is 23.9 Å². The van der Waals surface area contributed by atoms with Crippen LogP contribution in [-0.2, 0) is 0 Å². The molecule has 0 bridgehead atoms. The summed E-state index contributed by atoms with van der Waals surface area (Å²) in [5, 5.41) is 9.98. The van der Waals surface area contributed by atoms with Gasteiger partial charge in [-0.15, -0.1) is 0 Å². The first-order valence-corrected chi connectivity index (χ1v) is 6.06. The lowest BCUT2D eigenvalue weighted by Gasteiger charge is -2.31. The first kappa shape index (κ1) is 12.9. The molecule has 1 saturated heterocycles. The highest BCUT2D eigenvalue weighted by atomic mass is 16.3. The van der Waals surface area contributed by atoms with Gasteiger partial charge in [0.15, 0.2) is 0 Å². The van der Waals surface area contributed by atoms with Crippen LogP contribution < -0.4 is 0 Å². The summed E-state index contributed by atoms with van der Waals surface area (Å²) in [6.07, 6.45) is 3.44. The third-order valence-corrected chi connectivity index (χ3v) is 3.57. The van der Waals surface area contributed by atoms with E-state index in [1.807, 2.05) is 13.8 Å². The molecule has 0 saturated carbocycles. The molecule has 0 radical (unpaired) electrons. The average Bonchev–Trinajstić information content (AvgIpc) is 2.51. The first-order chi connectivity index (χ1) is 6.94. The standard InChI is InChI=1S/C12H26N2O/c1-5-12(2,15)10-13(3)9-11-7-6-8-14(11)4/h11,15H,5-10H2,1-4H3. The number of nitrogens with zero attached hydrogens (tertiary/aromatic N) is 2. The Kier molecular flexibility index (Phi) is 4.56. The van der Waals surface area contributed by atoms with Gasteiger partial charge in [-0.3, -0.25) is 0 Å². The molecule has 90 valence electrons. The van der Waals surface area contributed by atoms with Crippen molar-refractivity contribution in [2.75, 3.05) is 33.7 Å². The van der Waals surface area contributed by atoms with Gasteiger partial charge in [0.2, 0.25) is 0 Å². The number of aliphatic hydroxyl groups is 1. The third-order valence-electron chi connectivity index (χ3n) is 3.57. The second kappa shape index (κ2) is 5.28. The maximum Gasteiger partial charge on any atom is 0.0743 e. The Balaban J connectivity index is 2.32. The minimum atomic E-state index is -0.536. The van der Waals surface area contributed by atoms with E-state index in [0.29, 0.717) is 6.04 Å². The van der Waals surface area contributed by atoms with Crippen LogP contribution in [0.15, 0.2) is 0 Å². The van der Waals surface area contributed by atoms with Crippen LogP contribution in [0.25, 0.3) is 0 Å². The van der Waals surface area contributed by atoms with Crippen molar-refractivity contribution in [3.63, 3.8) is 0 Å². The third kappa shape index (κ3) is 4.09. The molecule has 1 N–H and O–H groups in total. The van der Waals surface area contributed by atoms with Crippen molar-refractivity contribution in [1.29, 1.82) is 0 Å². The lowest BCUT2D eigenvalue weighted by atomic mass is 10.0. The predicted octanol–water partition coefficient (Wildman–Crippen LogP) is 1.17. The zero-order valence-corrected chi connectivity index (χ0v) is 10.7. The Bertz CT molecular complexity index is 194. The Hall–Kier alpha value is -0.120. The van der Waals surface area contributed by atoms with Crippen LogP contribution >= 0.6 is 0 Å². The molecule has 15 heavy (non-hydrogen) atoms. The van der Waals surface area contributed by atoms with E-state index in [0.717, 1.165) is 19.5 Å². The highest BCUT2D eigenvalue weighted by Gasteiger charge is 2.25. The van der Waals surface area contributed by atoms with Gasteiger partial charge in [0, 0.05) is 19.1 Å². The molecule has 2 unspecified atom stereocenters. The summed E-state index contributed by atoms with van der Waals surface area (Å²) in [6, 6.07) is 0.683. The number of rotatable bonds is 5. The molecule has 3 nitrogen and oxygen atoms in total. The molecule has 1 rings (SSSR count). The molecule has 1 heterocycles. The summed E-state index contributed by atoms with van der Waals surface area (Å²) in [7, 11) is 4.31. The smallest absolute Gasteiger partial charge is 0.0743 e. The highest BCUT2D eigenvalue weighted by molar-refractivity contribution is 4.81. The molecule has 0 amide bonds. The van der Waals surface area contributed by atoms with E-state index in [-0.39, 0.29) is 0 Å². The fourth-order valence-electron chi connectivity index (χ4n) is 2.33. The Labute approximate surface area is 94.1 Å². The van der Waals surface area contributed by atoms with Crippen molar-refractivity contribution in [3.8, 4) is 0 Å². The van der Waals surface area contributed by atoms with Crippen LogP contribution in [0.4, 0.5) is 0 Å². The van der Waals surface area contributed by atoms with Crippen molar-refractivity contribution in [1.82, 2.24) is 9.80 Å². The number of hydrogen-bond donors (Lipinski definition) is 1. The second-order valence-corrected chi connectivity index (χ2v) is 5.32. The molecule has 1 aliphatic heterocycles. The Morgan fingerprint density at radius 1 is 1.53 bits per heavy atom. The van der Waals surface area contributed by atoms with Gasteiger partial charge in [-0.25, -0.2) is 0 Å². The van der Waals surface area contributed by atoms with Crippen LogP contribution in [0.1, 0.15) is 33.1 Å². The molecular weight excluding hydrogens is 188 g/mol. The van der Waals surface area contributed by atoms with Gasteiger partial charge >= 0.3 is 0 Å². The van der Waals surface area contributed by atoms with Gasteiger partial charge < -0.3 is 14.9 Å². The molecule has 0 aromatic heterocycles. The van der Waals surface area contributed by atoms with Crippen molar-refractivity contribution < 1.29 is 5.11 Å². The van der Waals surface area contributed by atoms with Gasteiger partial charge in [-0.05, 0) is 46.8 Å². The summed E-state index contributed by atoms with van der Waals surface area (Å²) in [5.74, 6) is 0. The quantitative estimate of drug-likeness (QED) is 0.744. The summed E-state index contributed by atoms with van der Waals surface area (Å²) in [5.41, 5.74) is -0.536. The maximum atomic E-state index is 9.98. The molecule has 3 heteroatoms. The Morgan fingerprint density at radius 3 is 2.67 bits per heavy atom. The number of likely N-dealkylation sites (tertiary alicyclic amines) is 1. The fourth-order valence-corrected chi connectivity index (χ4v) is 2.33. The SMILES string of the molecule is CCC(C)(O)CN(C)CC1CCCN1C. The van der Waals surface area contributed by atoms with E-state index in [4.69, 9.17) is 0 Å².